The lowest BCUT2D eigenvalue weighted by Crippen LogP contribution is -2.38. The number of hydrogen-bond acceptors (Lipinski definition) is 5. The van der Waals surface area contributed by atoms with Crippen molar-refractivity contribution in [1.29, 1.82) is 0 Å². The molecule has 1 amide bonds. The first kappa shape index (κ1) is 19.7. The number of piperidine rings is 1. The molecule has 2 rings (SSSR count). The zero-order chi connectivity index (χ0) is 18.3. The van der Waals surface area contributed by atoms with Crippen LogP contribution in [0.5, 0.6) is 0 Å². The van der Waals surface area contributed by atoms with Crippen LogP contribution in [0.15, 0.2) is 29.2 Å². The van der Waals surface area contributed by atoms with Crippen LogP contribution in [0.1, 0.15) is 25.7 Å². The van der Waals surface area contributed by atoms with Crippen molar-refractivity contribution in [3.05, 3.63) is 29.3 Å². The average Bonchev–Trinajstić information content (AvgIpc) is 2.60. The van der Waals surface area contributed by atoms with Crippen LogP contribution in [0.4, 0.5) is 0 Å². The van der Waals surface area contributed by atoms with E-state index in [-0.39, 0.29) is 30.4 Å². The number of nitrogens with one attached hydrogen (secondary N) is 1. The first-order chi connectivity index (χ1) is 11.9. The second kappa shape index (κ2) is 9.17. The molecule has 9 heteroatoms. The van der Waals surface area contributed by atoms with E-state index in [1.165, 1.54) is 18.2 Å². The molecule has 7 nitrogen and oxygen atoms in total. The maximum atomic E-state index is 12.1. The van der Waals surface area contributed by atoms with Crippen LogP contribution in [-0.4, -0.2) is 51.4 Å². The number of carbonyl (C=O) groups is 2. The Kier molecular flexibility index (Phi) is 7.22. The Bertz CT molecular complexity index is 717. The summed E-state index contributed by atoms with van der Waals surface area (Å²) in [4.78, 5) is 25.2. The van der Waals surface area contributed by atoms with Gasteiger partial charge >= 0.3 is 5.97 Å². The third-order valence-corrected chi connectivity index (χ3v) is 5.49. The van der Waals surface area contributed by atoms with Gasteiger partial charge in [-0.2, -0.15) is 0 Å². The minimum absolute atomic E-state index is 0.0219. The van der Waals surface area contributed by atoms with Crippen LogP contribution in [0.3, 0.4) is 0 Å². The van der Waals surface area contributed by atoms with Crippen molar-refractivity contribution in [2.24, 2.45) is 0 Å². The number of amides is 1. The molecule has 0 spiro atoms. The van der Waals surface area contributed by atoms with Crippen LogP contribution in [-0.2, 0) is 24.3 Å². The van der Waals surface area contributed by atoms with E-state index in [1.54, 1.807) is 11.0 Å². The molecule has 0 saturated carbocycles. The van der Waals surface area contributed by atoms with Crippen molar-refractivity contribution in [2.75, 3.05) is 26.2 Å². The number of sulfonamides is 1. The minimum Gasteiger partial charge on any atom is -0.456 e. The van der Waals surface area contributed by atoms with E-state index < -0.39 is 16.0 Å². The molecule has 0 atom stereocenters. The Balaban J connectivity index is 1.72. The van der Waals surface area contributed by atoms with Gasteiger partial charge in [-0.15, -0.1) is 0 Å². The van der Waals surface area contributed by atoms with Gasteiger partial charge in [0.05, 0.1) is 11.3 Å². The van der Waals surface area contributed by atoms with E-state index in [0.29, 0.717) is 18.1 Å². The minimum atomic E-state index is -3.74. The highest BCUT2D eigenvalue weighted by molar-refractivity contribution is 7.89. The standard InChI is InChI=1S/C16H21ClN2O5S/c17-13-5-4-6-14(11-13)25(22,23)18-8-7-16(21)24-12-15(20)19-9-2-1-3-10-19/h4-6,11,18H,1-3,7-10,12H2. The van der Waals surface area contributed by atoms with Crippen LogP contribution in [0, 0.1) is 0 Å². The molecule has 0 radical (unpaired) electrons. The number of likely N-dealkylation sites (tertiary alicyclic amines) is 1. The maximum Gasteiger partial charge on any atom is 0.307 e. The molecular weight excluding hydrogens is 368 g/mol. The van der Waals surface area contributed by atoms with E-state index in [4.69, 9.17) is 16.3 Å². The molecule has 1 aliphatic heterocycles. The Morgan fingerprint density at radius 2 is 1.92 bits per heavy atom. The van der Waals surface area contributed by atoms with Crippen LogP contribution < -0.4 is 4.72 Å². The molecule has 0 aliphatic carbocycles. The largest absolute Gasteiger partial charge is 0.456 e. The molecule has 1 fully saturated rings. The fourth-order valence-corrected chi connectivity index (χ4v) is 3.79. The summed E-state index contributed by atoms with van der Waals surface area (Å²) in [6.07, 6.45) is 2.87. The van der Waals surface area contributed by atoms with Gasteiger partial charge in [0.1, 0.15) is 0 Å². The average molecular weight is 389 g/mol. The summed E-state index contributed by atoms with van der Waals surface area (Å²) in [5.41, 5.74) is 0. The first-order valence-electron chi connectivity index (χ1n) is 8.07. The number of hydrogen-bond donors (Lipinski definition) is 1. The van der Waals surface area contributed by atoms with E-state index in [0.717, 1.165) is 19.3 Å². The van der Waals surface area contributed by atoms with E-state index in [1.807, 2.05) is 0 Å². The lowest BCUT2D eigenvalue weighted by atomic mass is 10.1. The molecule has 0 unspecified atom stereocenters. The summed E-state index contributed by atoms with van der Waals surface area (Å²) < 4.78 is 31.3. The molecule has 138 valence electrons. The van der Waals surface area contributed by atoms with Crippen LogP contribution in [0.25, 0.3) is 0 Å². The Morgan fingerprint density at radius 3 is 2.60 bits per heavy atom. The predicted octanol–water partition coefficient (Wildman–Crippen LogP) is 1.56. The van der Waals surface area contributed by atoms with Crippen molar-refractivity contribution in [1.82, 2.24) is 9.62 Å². The Labute approximate surface area is 152 Å². The van der Waals surface area contributed by atoms with Crippen molar-refractivity contribution in [2.45, 2.75) is 30.6 Å². The van der Waals surface area contributed by atoms with Gasteiger partial charge in [-0.3, -0.25) is 9.59 Å². The van der Waals surface area contributed by atoms with Crippen molar-refractivity contribution < 1.29 is 22.7 Å². The van der Waals surface area contributed by atoms with Crippen molar-refractivity contribution in [3.8, 4) is 0 Å². The highest BCUT2D eigenvalue weighted by Gasteiger charge is 2.18. The monoisotopic (exact) mass is 388 g/mol. The van der Waals surface area contributed by atoms with Gasteiger partial charge in [0, 0.05) is 24.7 Å². The summed E-state index contributed by atoms with van der Waals surface area (Å²) in [6, 6.07) is 5.82. The number of carbonyl (C=O) groups excluding carboxylic acids is 2. The number of nitrogens with zero attached hydrogens (tertiary/aromatic N) is 1. The molecule has 1 aromatic rings. The first-order valence-corrected chi connectivity index (χ1v) is 9.93. The summed E-state index contributed by atoms with van der Waals surface area (Å²) in [5.74, 6) is -0.841. The molecular formula is C16H21ClN2O5S. The van der Waals surface area contributed by atoms with Gasteiger partial charge in [0.15, 0.2) is 6.61 Å². The number of halogens is 1. The van der Waals surface area contributed by atoms with Gasteiger partial charge in [-0.05, 0) is 37.5 Å². The second-order valence-corrected chi connectivity index (χ2v) is 7.91. The molecule has 1 N–H and O–H groups in total. The molecule has 1 heterocycles. The van der Waals surface area contributed by atoms with Gasteiger partial charge < -0.3 is 9.64 Å². The SMILES string of the molecule is O=C(CCNS(=O)(=O)c1cccc(Cl)c1)OCC(=O)N1CCCCC1. The molecule has 0 aromatic heterocycles. The molecule has 1 saturated heterocycles. The molecule has 25 heavy (non-hydrogen) atoms. The second-order valence-electron chi connectivity index (χ2n) is 5.71. The normalized spacial score (nSPS) is 15.0. The zero-order valence-corrected chi connectivity index (χ0v) is 15.3. The quantitative estimate of drug-likeness (QED) is 0.715. The molecule has 0 bridgehead atoms. The lowest BCUT2D eigenvalue weighted by Gasteiger charge is -2.26. The summed E-state index contributed by atoms with van der Waals surface area (Å²) in [5, 5.41) is 0.304. The number of benzene rings is 1. The number of rotatable bonds is 7. The fraction of sp³-hybridized carbons (Fsp3) is 0.500. The zero-order valence-electron chi connectivity index (χ0n) is 13.7. The lowest BCUT2D eigenvalue weighted by molar-refractivity contribution is -0.152. The van der Waals surface area contributed by atoms with Crippen molar-refractivity contribution >= 4 is 33.5 Å². The Morgan fingerprint density at radius 1 is 1.20 bits per heavy atom. The van der Waals surface area contributed by atoms with Gasteiger partial charge in [0.2, 0.25) is 10.0 Å². The van der Waals surface area contributed by atoms with E-state index in [2.05, 4.69) is 4.72 Å². The number of ether oxygens (including phenoxy) is 1. The van der Waals surface area contributed by atoms with E-state index in [9.17, 15) is 18.0 Å². The maximum absolute atomic E-state index is 12.1. The van der Waals surface area contributed by atoms with Crippen LogP contribution in [0.2, 0.25) is 5.02 Å². The van der Waals surface area contributed by atoms with E-state index >= 15 is 0 Å². The summed E-state index contributed by atoms with van der Waals surface area (Å²) in [6.45, 7) is 0.955. The summed E-state index contributed by atoms with van der Waals surface area (Å²) >= 11 is 5.77. The smallest absolute Gasteiger partial charge is 0.307 e. The van der Waals surface area contributed by atoms with Crippen molar-refractivity contribution in [3.63, 3.8) is 0 Å². The number of esters is 1. The van der Waals surface area contributed by atoms with Gasteiger partial charge in [-0.1, -0.05) is 17.7 Å². The summed E-state index contributed by atoms with van der Waals surface area (Å²) in [7, 11) is -3.74. The molecule has 1 aliphatic rings. The highest BCUT2D eigenvalue weighted by atomic mass is 35.5. The Hall–Kier alpha value is -1.64. The topological polar surface area (TPSA) is 92.8 Å². The fourth-order valence-electron chi connectivity index (χ4n) is 2.45. The highest BCUT2D eigenvalue weighted by Crippen LogP contribution is 2.15. The predicted molar refractivity (Wildman–Crippen MR) is 92.6 cm³/mol. The van der Waals surface area contributed by atoms with Gasteiger partial charge in [-0.25, -0.2) is 13.1 Å². The third-order valence-electron chi connectivity index (χ3n) is 3.79. The van der Waals surface area contributed by atoms with Crippen LogP contribution >= 0.6 is 11.6 Å². The van der Waals surface area contributed by atoms with Gasteiger partial charge in [0.25, 0.3) is 5.91 Å². The third kappa shape index (κ3) is 6.30. The molecule has 1 aromatic carbocycles.